The van der Waals surface area contributed by atoms with E-state index >= 15 is 0 Å². The summed E-state index contributed by atoms with van der Waals surface area (Å²) in [7, 11) is -2.23. The molecule has 0 saturated carbocycles. The van der Waals surface area contributed by atoms with E-state index in [0.29, 0.717) is 23.5 Å². The Labute approximate surface area is 244 Å². The zero-order valence-corrected chi connectivity index (χ0v) is 24.7. The standard InChI is InChI=1S/C28H31N5O4S2.ClH/c1-20-3-12-25-26(19-20)38-28(30-25)33-17-15-32(16-18-33)14-13-29-27(34)21-4-6-22(7-5-21)31-39(35,36)24-10-8-23(37-2)9-11-24;/h3-12,19,31H,13-18H2,1-2H3,(H,29,34);1H. The monoisotopic (exact) mass is 601 g/mol. The second kappa shape index (κ2) is 12.9. The minimum absolute atomic E-state index is 0. The molecule has 0 spiro atoms. The largest absolute Gasteiger partial charge is 0.497 e. The Balaban J connectivity index is 0.00000370. The molecule has 1 saturated heterocycles. The molecule has 9 nitrogen and oxygen atoms in total. The van der Waals surface area contributed by atoms with Crippen LogP contribution in [0.2, 0.25) is 0 Å². The summed E-state index contributed by atoms with van der Waals surface area (Å²) < 4.78 is 34.1. The van der Waals surface area contributed by atoms with Gasteiger partial charge in [-0.15, -0.1) is 12.4 Å². The van der Waals surface area contributed by atoms with Crippen molar-refractivity contribution in [3.63, 3.8) is 0 Å². The molecule has 3 aromatic carbocycles. The summed E-state index contributed by atoms with van der Waals surface area (Å²) in [5, 5.41) is 4.03. The third-order valence-electron chi connectivity index (χ3n) is 6.66. The molecular weight excluding hydrogens is 570 g/mol. The highest BCUT2D eigenvalue weighted by molar-refractivity contribution is 7.92. The molecule has 0 bridgehead atoms. The number of piperazine rings is 1. The molecular formula is C28H32ClN5O4S2. The van der Waals surface area contributed by atoms with Crippen LogP contribution < -0.4 is 19.7 Å². The highest BCUT2D eigenvalue weighted by Gasteiger charge is 2.20. The second-order valence-electron chi connectivity index (χ2n) is 9.41. The fourth-order valence-corrected chi connectivity index (χ4v) is 6.58. The van der Waals surface area contributed by atoms with Crippen molar-refractivity contribution in [2.75, 3.05) is 56.0 Å². The van der Waals surface area contributed by atoms with Gasteiger partial charge in [-0.05, 0) is 73.2 Å². The minimum Gasteiger partial charge on any atom is -0.497 e. The average Bonchev–Trinajstić information content (AvgIpc) is 3.37. The number of fused-ring (bicyclic) bond motifs is 1. The topological polar surface area (TPSA) is 104 Å². The molecule has 5 rings (SSSR count). The zero-order chi connectivity index (χ0) is 27.4. The Bertz CT molecular complexity index is 1550. The maximum atomic E-state index is 12.6. The van der Waals surface area contributed by atoms with Gasteiger partial charge in [0.25, 0.3) is 15.9 Å². The average molecular weight is 602 g/mol. The Kier molecular flexibility index (Phi) is 9.52. The Morgan fingerprint density at radius 1 is 1.00 bits per heavy atom. The van der Waals surface area contributed by atoms with E-state index in [1.807, 2.05) is 0 Å². The molecule has 2 heterocycles. The van der Waals surface area contributed by atoms with Gasteiger partial charge in [-0.25, -0.2) is 13.4 Å². The number of sulfonamides is 1. The SMILES string of the molecule is COc1ccc(S(=O)(=O)Nc2ccc(C(=O)NCCN3CCN(c4nc5ccc(C)cc5s4)CC3)cc2)cc1.Cl. The number of aryl methyl sites for hydroxylation is 1. The number of hydrogen-bond acceptors (Lipinski definition) is 8. The van der Waals surface area contributed by atoms with Gasteiger partial charge < -0.3 is 15.0 Å². The zero-order valence-electron chi connectivity index (χ0n) is 22.3. The lowest BCUT2D eigenvalue weighted by molar-refractivity contribution is 0.0948. The summed E-state index contributed by atoms with van der Waals surface area (Å²) in [6.07, 6.45) is 0. The van der Waals surface area contributed by atoms with Gasteiger partial charge in [-0.3, -0.25) is 14.4 Å². The van der Waals surface area contributed by atoms with E-state index in [-0.39, 0.29) is 23.2 Å². The van der Waals surface area contributed by atoms with Crippen LogP contribution in [0.15, 0.2) is 71.6 Å². The maximum absolute atomic E-state index is 12.6. The normalized spacial score (nSPS) is 14.0. The first-order chi connectivity index (χ1) is 18.8. The van der Waals surface area contributed by atoms with E-state index in [4.69, 9.17) is 9.72 Å². The fourth-order valence-electron chi connectivity index (χ4n) is 4.41. The minimum atomic E-state index is -3.75. The van der Waals surface area contributed by atoms with E-state index in [1.54, 1.807) is 47.7 Å². The molecule has 0 unspecified atom stereocenters. The number of ether oxygens (including phenoxy) is 1. The first kappa shape index (κ1) is 29.6. The predicted octanol–water partition coefficient (Wildman–Crippen LogP) is 4.39. The second-order valence-corrected chi connectivity index (χ2v) is 12.1. The van der Waals surface area contributed by atoms with Crippen LogP contribution in [-0.4, -0.2) is 70.6 Å². The highest BCUT2D eigenvalue weighted by Crippen LogP contribution is 2.30. The van der Waals surface area contributed by atoms with Gasteiger partial charge in [-0.2, -0.15) is 0 Å². The summed E-state index contributed by atoms with van der Waals surface area (Å²) in [5.74, 6) is 0.383. The number of hydrogen-bond donors (Lipinski definition) is 2. The molecule has 12 heteroatoms. The van der Waals surface area contributed by atoms with Gasteiger partial charge >= 0.3 is 0 Å². The first-order valence-electron chi connectivity index (χ1n) is 12.7. The summed E-state index contributed by atoms with van der Waals surface area (Å²) in [6, 6.07) is 18.9. The quantitative estimate of drug-likeness (QED) is 0.293. The Morgan fingerprint density at radius 3 is 2.38 bits per heavy atom. The molecule has 1 aliphatic rings. The van der Waals surface area contributed by atoms with Crippen LogP contribution in [0.3, 0.4) is 0 Å². The van der Waals surface area contributed by atoms with E-state index < -0.39 is 10.0 Å². The van der Waals surface area contributed by atoms with Gasteiger partial charge in [0.2, 0.25) is 0 Å². The molecule has 212 valence electrons. The van der Waals surface area contributed by atoms with Gasteiger partial charge in [0.05, 0.1) is 22.2 Å². The van der Waals surface area contributed by atoms with Crippen molar-refractivity contribution in [1.29, 1.82) is 0 Å². The molecule has 4 aromatic rings. The summed E-state index contributed by atoms with van der Waals surface area (Å²) in [4.78, 5) is 22.2. The molecule has 1 fully saturated rings. The van der Waals surface area contributed by atoms with Crippen LogP contribution in [0.5, 0.6) is 5.75 Å². The summed E-state index contributed by atoms with van der Waals surface area (Å²) >= 11 is 1.74. The molecule has 0 aliphatic carbocycles. The van der Waals surface area contributed by atoms with Gasteiger partial charge in [0.15, 0.2) is 5.13 Å². The highest BCUT2D eigenvalue weighted by atomic mass is 35.5. The number of carbonyl (C=O) groups is 1. The number of anilines is 2. The van der Waals surface area contributed by atoms with Crippen molar-refractivity contribution in [1.82, 2.24) is 15.2 Å². The number of halogens is 1. The third-order valence-corrected chi connectivity index (χ3v) is 9.13. The van der Waals surface area contributed by atoms with Crippen LogP contribution in [0.4, 0.5) is 10.8 Å². The van der Waals surface area contributed by atoms with Crippen LogP contribution in [0.25, 0.3) is 10.2 Å². The smallest absolute Gasteiger partial charge is 0.261 e. The first-order valence-corrected chi connectivity index (χ1v) is 15.0. The Hall–Kier alpha value is -3.38. The van der Waals surface area contributed by atoms with Crippen LogP contribution in [0.1, 0.15) is 15.9 Å². The number of thiazole rings is 1. The number of nitrogens with zero attached hydrogens (tertiary/aromatic N) is 3. The van der Waals surface area contributed by atoms with Crippen LogP contribution in [0, 0.1) is 6.92 Å². The summed E-state index contributed by atoms with van der Waals surface area (Å²) in [6.45, 7) is 7.02. The fraction of sp³-hybridized carbons (Fsp3) is 0.286. The molecule has 1 aliphatic heterocycles. The lowest BCUT2D eigenvalue weighted by Gasteiger charge is -2.34. The van der Waals surface area contributed by atoms with Gasteiger partial charge in [0, 0.05) is 50.5 Å². The number of amides is 1. The molecule has 0 atom stereocenters. The molecule has 2 N–H and O–H groups in total. The lowest BCUT2D eigenvalue weighted by atomic mass is 10.2. The molecule has 0 radical (unpaired) electrons. The van der Waals surface area contributed by atoms with Crippen LogP contribution in [-0.2, 0) is 10.0 Å². The number of nitrogens with one attached hydrogen (secondary N) is 2. The predicted molar refractivity (Wildman–Crippen MR) is 163 cm³/mol. The molecule has 1 amide bonds. The van der Waals surface area contributed by atoms with E-state index in [1.165, 1.54) is 29.5 Å². The van der Waals surface area contributed by atoms with Crippen molar-refractivity contribution in [2.45, 2.75) is 11.8 Å². The van der Waals surface area contributed by atoms with Gasteiger partial charge in [0.1, 0.15) is 5.75 Å². The number of aromatic nitrogens is 1. The van der Waals surface area contributed by atoms with Crippen molar-refractivity contribution in [3.8, 4) is 5.75 Å². The maximum Gasteiger partial charge on any atom is 0.261 e. The number of carbonyl (C=O) groups excluding carboxylic acids is 1. The van der Waals surface area contributed by atoms with Crippen LogP contribution >= 0.6 is 23.7 Å². The van der Waals surface area contributed by atoms with E-state index in [0.717, 1.165) is 43.4 Å². The molecule has 40 heavy (non-hydrogen) atoms. The number of methoxy groups -OCH3 is 1. The van der Waals surface area contributed by atoms with E-state index in [2.05, 4.69) is 45.0 Å². The van der Waals surface area contributed by atoms with Gasteiger partial charge in [-0.1, -0.05) is 17.4 Å². The number of benzene rings is 3. The lowest BCUT2D eigenvalue weighted by Crippen LogP contribution is -2.48. The van der Waals surface area contributed by atoms with Crippen molar-refractivity contribution in [3.05, 3.63) is 77.9 Å². The summed E-state index contributed by atoms with van der Waals surface area (Å²) in [5.41, 5.74) is 3.14. The number of rotatable bonds is 9. The third kappa shape index (κ3) is 7.03. The van der Waals surface area contributed by atoms with Crippen molar-refractivity contribution >= 4 is 60.7 Å². The van der Waals surface area contributed by atoms with Crippen molar-refractivity contribution in [2.24, 2.45) is 0 Å². The van der Waals surface area contributed by atoms with E-state index in [9.17, 15) is 13.2 Å². The Morgan fingerprint density at radius 2 is 1.70 bits per heavy atom. The van der Waals surface area contributed by atoms with Crippen molar-refractivity contribution < 1.29 is 17.9 Å². The molecule has 1 aromatic heterocycles.